The standard InChI is InChI=1S/C60H36N2O2/c1-2-9-37(10-3-1)38-17-24-43(25-18-38)61(44-26-19-39(20-27-44)41-21-29-48-47-12-5-7-16-56(47)63-57(48)34-41)45-28-31-50-49-30-22-42(35-58(49)64-59(50)36-45)40-23-32-55-53(33-40)52-14-8-13-51-46-11-4-6-15-54(46)62(55)60(51)52/h1-36H. The molecule has 0 fully saturated rings. The zero-order valence-corrected chi connectivity index (χ0v) is 34.5. The van der Waals surface area contributed by atoms with E-state index in [0.717, 1.165) is 77.6 Å². The largest absolute Gasteiger partial charge is 0.456 e. The number of aromatic nitrogens is 1. The molecule has 298 valence electrons. The van der Waals surface area contributed by atoms with Crippen molar-refractivity contribution < 1.29 is 8.83 Å². The molecule has 0 N–H and O–H groups in total. The van der Waals surface area contributed by atoms with Gasteiger partial charge in [0, 0.05) is 66.2 Å². The minimum absolute atomic E-state index is 0.846. The van der Waals surface area contributed by atoms with E-state index in [1.165, 1.54) is 54.8 Å². The summed E-state index contributed by atoms with van der Waals surface area (Å²) in [7, 11) is 0. The molecule has 4 heterocycles. The van der Waals surface area contributed by atoms with E-state index >= 15 is 0 Å². The van der Waals surface area contributed by atoms with E-state index in [4.69, 9.17) is 8.83 Å². The van der Waals surface area contributed by atoms with E-state index in [1.807, 2.05) is 12.1 Å². The summed E-state index contributed by atoms with van der Waals surface area (Å²) in [6.07, 6.45) is 0. The molecule has 4 heteroatoms. The zero-order chi connectivity index (χ0) is 41.9. The van der Waals surface area contributed by atoms with Gasteiger partial charge in [-0.3, -0.25) is 0 Å². The van der Waals surface area contributed by atoms with Crippen molar-refractivity contribution in [2.75, 3.05) is 4.90 Å². The number of hydrogen-bond donors (Lipinski definition) is 0. The molecular weight excluding hydrogens is 781 g/mol. The molecule has 0 saturated carbocycles. The van der Waals surface area contributed by atoms with Gasteiger partial charge in [0.2, 0.25) is 0 Å². The lowest BCUT2D eigenvalue weighted by atomic mass is 10.0. The average molecular weight is 817 g/mol. The molecule has 64 heavy (non-hydrogen) atoms. The number of hydrogen-bond acceptors (Lipinski definition) is 3. The van der Waals surface area contributed by atoms with E-state index in [0.29, 0.717) is 0 Å². The fourth-order valence-corrected chi connectivity index (χ4v) is 10.3. The minimum Gasteiger partial charge on any atom is -0.456 e. The van der Waals surface area contributed by atoms with Crippen LogP contribution in [-0.4, -0.2) is 4.40 Å². The number of furan rings is 2. The lowest BCUT2D eigenvalue weighted by molar-refractivity contribution is 0.668. The van der Waals surface area contributed by atoms with Gasteiger partial charge in [-0.25, -0.2) is 0 Å². The highest BCUT2D eigenvalue weighted by Crippen LogP contribution is 2.43. The Labute approximate surface area is 367 Å². The number of benzene rings is 10. The summed E-state index contributed by atoms with van der Waals surface area (Å²) in [5.74, 6) is 0. The van der Waals surface area contributed by atoms with Crippen molar-refractivity contribution in [3.05, 3.63) is 218 Å². The average Bonchev–Trinajstić information content (AvgIpc) is 4.11. The second-order valence-corrected chi connectivity index (χ2v) is 16.9. The van der Waals surface area contributed by atoms with Gasteiger partial charge >= 0.3 is 0 Å². The first-order valence-corrected chi connectivity index (χ1v) is 21.8. The van der Waals surface area contributed by atoms with Crippen LogP contribution in [0.3, 0.4) is 0 Å². The Morgan fingerprint density at radius 2 is 0.719 bits per heavy atom. The molecule has 0 radical (unpaired) electrons. The van der Waals surface area contributed by atoms with E-state index in [-0.39, 0.29) is 0 Å². The van der Waals surface area contributed by atoms with Gasteiger partial charge in [0.05, 0.1) is 16.6 Å². The molecule has 0 aliphatic rings. The summed E-state index contributed by atoms with van der Waals surface area (Å²) in [5, 5.41) is 9.59. The van der Waals surface area contributed by atoms with Crippen molar-refractivity contribution in [1.29, 1.82) is 0 Å². The van der Waals surface area contributed by atoms with Crippen LogP contribution in [0, 0.1) is 0 Å². The molecule has 0 aliphatic carbocycles. The first-order valence-electron chi connectivity index (χ1n) is 21.8. The summed E-state index contributed by atoms with van der Waals surface area (Å²) in [6.45, 7) is 0. The summed E-state index contributed by atoms with van der Waals surface area (Å²) >= 11 is 0. The van der Waals surface area contributed by atoms with Gasteiger partial charge in [0.15, 0.2) is 0 Å². The molecule has 4 nitrogen and oxygen atoms in total. The van der Waals surface area contributed by atoms with Crippen LogP contribution in [-0.2, 0) is 0 Å². The molecule has 0 bridgehead atoms. The van der Waals surface area contributed by atoms with Crippen LogP contribution in [0.2, 0.25) is 0 Å². The van der Waals surface area contributed by atoms with E-state index in [2.05, 4.69) is 216 Å². The maximum Gasteiger partial charge on any atom is 0.137 e. The van der Waals surface area contributed by atoms with Crippen LogP contribution in [0.4, 0.5) is 17.1 Å². The molecule has 0 aliphatic heterocycles. The number of nitrogens with zero attached hydrogens (tertiary/aromatic N) is 2. The Balaban J connectivity index is 0.851. The summed E-state index contributed by atoms with van der Waals surface area (Å²) in [4.78, 5) is 2.31. The fourth-order valence-electron chi connectivity index (χ4n) is 10.3. The van der Waals surface area contributed by atoms with Gasteiger partial charge in [-0.15, -0.1) is 0 Å². The SMILES string of the molecule is c1ccc(-c2ccc(N(c3ccc(-c4ccc5c(c4)oc4ccccc45)cc3)c3ccc4c(c3)oc3cc(-c5ccc6c(c5)c5cccc7c8ccccc8n6c75)ccc34)cc2)cc1. The fraction of sp³-hybridized carbons (Fsp3) is 0. The number of para-hydroxylation sites is 3. The van der Waals surface area contributed by atoms with Crippen molar-refractivity contribution in [2.24, 2.45) is 0 Å². The maximum absolute atomic E-state index is 6.77. The second kappa shape index (κ2) is 13.4. The van der Waals surface area contributed by atoms with E-state index in [1.54, 1.807) is 0 Å². The van der Waals surface area contributed by atoms with Crippen LogP contribution in [0.15, 0.2) is 227 Å². The van der Waals surface area contributed by atoms with Crippen molar-refractivity contribution in [1.82, 2.24) is 4.40 Å². The molecule has 0 atom stereocenters. The van der Waals surface area contributed by atoms with Gasteiger partial charge in [-0.05, 0) is 118 Å². The van der Waals surface area contributed by atoms with Crippen molar-refractivity contribution in [3.8, 4) is 33.4 Å². The Morgan fingerprint density at radius 1 is 0.266 bits per heavy atom. The zero-order valence-electron chi connectivity index (χ0n) is 34.5. The van der Waals surface area contributed by atoms with Crippen LogP contribution >= 0.6 is 0 Å². The second-order valence-electron chi connectivity index (χ2n) is 16.9. The van der Waals surface area contributed by atoms with Gasteiger partial charge in [0.25, 0.3) is 0 Å². The Bertz CT molecular complexity index is 4120. The number of anilines is 3. The third kappa shape index (κ3) is 5.23. The molecule has 14 rings (SSSR count). The molecule has 0 saturated heterocycles. The number of fused-ring (bicyclic) bond motifs is 12. The highest BCUT2D eigenvalue weighted by Gasteiger charge is 2.20. The van der Waals surface area contributed by atoms with Crippen LogP contribution < -0.4 is 4.90 Å². The molecule has 0 unspecified atom stereocenters. The third-order valence-corrected chi connectivity index (χ3v) is 13.3. The van der Waals surface area contributed by atoms with Gasteiger partial charge in [0.1, 0.15) is 22.3 Å². The monoisotopic (exact) mass is 816 g/mol. The Morgan fingerprint density at radius 3 is 1.45 bits per heavy atom. The maximum atomic E-state index is 6.77. The molecule has 0 amide bonds. The van der Waals surface area contributed by atoms with Crippen molar-refractivity contribution >= 4 is 99.0 Å². The summed E-state index contributed by atoms with van der Waals surface area (Å²) in [5.41, 5.74) is 17.3. The van der Waals surface area contributed by atoms with Crippen molar-refractivity contribution in [2.45, 2.75) is 0 Å². The lowest BCUT2D eigenvalue weighted by Gasteiger charge is -2.26. The van der Waals surface area contributed by atoms with Crippen LogP contribution in [0.25, 0.3) is 115 Å². The highest BCUT2D eigenvalue weighted by atomic mass is 16.3. The Kier molecular flexibility index (Phi) is 7.36. The topological polar surface area (TPSA) is 33.9 Å². The predicted molar refractivity (Wildman–Crippen MR) is 267 cm³/mol. The molecule has 4 aromatic heterocycles. The molecule has 10 aromatic carbocycles. The quantitative estimate of drug-likeness (QED) is 0.168. The molecular formula is C60H36N2O2. The first kappa shape index (κ1) is 35.0. The normalized spacial score (nSPS) is 12.1. The highest BCUT2D eigenvalue weighted by molar-refractivity contribution is 6.23. The Hall–Kier alpha value is -8.60. The predicted octanol–water partition coefficient (Wildman–Crippen LogP) is 17.1. The molecule has 0 spiro atoms. The van der Waals surface area contributed by atoms with Crippen molar-refractivity contribution in [3.63, 3.8) is 0 Å². The lowest BCUT2D eigenvalue weighted by Crippen LogP contribution is -2.09. The minimum atomic E-state index is 0.846. The smallest absolute Gasteiger partial charge is 0.137 e. The van der Waals surface area contributed by atoms with Gasteiger partial charge < -0.3 is 18.1 Å². The van der Waals surface area contributed by atoms with Crippen LogP contribution in [0.5, 0.6) is 0 Å². The first-order chi connectivity index (χ1) is 31.7. The van der Waals surface area contributed by atoms with Gasteiger partial charge in [-0.1, -0.05) is 127 Å². The van der Waals surface area contributed by atoms with E-state index in [9.17, 15) is 0 Å². The number of rotatable bonds is 6. The molecule has 14 aromatic rings. The van der Waals surface area contributed by atoms with Crippen LogP contribution in [0.1, 0.15) is 0 Å². The summed E-state index contributed by atoms with van der Waals surface area (Å²) in [6, 6.07) is 78.4. The van der Waals surface area contributed by atoms with E-state index < -0.39 is 0 Å². The summed E-state index contributed by atoms with van der Waals surface area (Å²) < 4.78 is 15.4. The van der Waals surface area contributed by atoms with Gasteiger partial charge in [-0.2, -0.15) is 0 Å². The third-order valence-electron chi connectivity index (χ3n) is 13.3.